The van der Waals surface area contributed by atoms with E-state index in [2.05, 4.69) is 10.6 Å². The van der Waals surface area contributed by atoms with E-state index in [9.17, 15) is 29.4 Å². The van der Waals surface area contributed by atoms with E-state index in [1.54, 1.807) is 0 Å². The average Bonchev–Trinajstić information content (AvgIpc) is 3.22. The van der Waals surface area contributed by atoms with Crippen LogP contribution >= 0.6 is 11.8 Å². The third-order valence-electron chi connectivity index (χ3n) is 5.67. The predicted octanol–water partition coefficient (Wildman–Crippen LogP) is -0.461. The van der Waals surface area contributed by atoms with Crippen LogP contribution < -0.4 is 16.4 Å². The summed E-state index contributed by atoms with van der Waals surface area (Å²) in [4.78, 5) is 51.1. The summed E-state index contributed by atoms with van der Waals surface area (Å²) in [5.74, 6) is -2.37. The zero-order valence-corrected chi connectivity index (χ0v) is 19.5. The fourth-order valence-corrected chi connectivity index (χ4v) is 3.87. The normalized spacial score (nSPS) is 21.0. The van der Waals surface area contributed by atoms with Crippen molar-refractivity contribution in [3.63, 3.8) is 0 Å². The van der Waals surface area contributed by atoms with Gasteiger partial charge in [0.2, 0.25) is 17.7 Å². The second-order valence-corrected chi connectivity index (χ2v) is 8.99. The van der Waals surface area contributed by atoms with Crippen molar-refractivity contribution in [1.29, 1.82) is 0 Å². The van der Waals surface area contributed by atoms with Crippen LogP contribution in [0, 0.1) is 5.92 Å². The Morgan fingerprint density at radius 2 is 1.87 bits per heavy atom. The molecule has 0 bridgehead atoms. The highest BCUT2D eigenvalue weighted by Gasteiger charge is 2.39. The first kappa shape index (κ1) is 27.2. The number of rotatable bonds is 12. The average molecular weight is 461 g/mol. The fraction of sp³-hybridized carbons (Fsp3) is 0.800. The summed E-state index contributed by atoms with van der Waals surface area (Å²) in [6.45, 7) is 5.53. The quantitative estimate of drug-likeness (QED) is 0.261. The Hall–Kier alpha value is -1.85. The van der Waals surface area contributed by atoms with Crippen LogP contribution in [-0.2, 0) is 19.2 Å². The summed E-state index contributed by atoms with van der Waals surface area (Å²) in [6.07, 6.45) is 2.54. The summed E-state index contributed by atoms with van der Waals surface area (Å²) < 4.78 is 0. The van der Waals surface area contributed by atoms with Crippen LogP contribution in [0.4, 0.5) is 0 Å². The molecule has 6 N–H and O–H groups in total. The van der Waals surface area contributed by atoms with Crippen molar-refractivity contribution in [2.24, 2.45) is 11.7 Å². The molecular formula is C20H36N4O6S. The van der Waals surface area contributed by atoms with Gasteiger partial charge in [-0.3, -0.25) is 14.4 Å². The maximum absolute atomic E-state index is 12.9. The molecule has 11 heteroatoms. The van der Waals surface area contributed by atoms with E-state index in [1.165, 1.54) is 23.6 Å². The van der Waals surface area contributed by atoms with Crippen molar-refractivity contribution in [2.45, 2.75) is 76.7 Å². The molecule has 6 atom stereocenters. The Balaban J connectivity index is 2.87. The first-order chi connectivity index (χ1) is 14.5. The lowest BCUT2D eigenvalue weighted by Gasteiger charge is -2.30. The molecule has 6 unspecified atom stereocenters. The molecule has 1 heterocycles. The minimum Gasteiger partial charge on any atom is -0.480 e. The van der Waals surface area contributed by atoms with Crippen molar-refractivity contribution in [3.8, 4) is 0 Å². The van der Waals surface area contributed by atoms with Crippen molar-refractivity contribution in [3.05, 3.63) is 0 Å². The van der Waals surface area contributed by atoms with Gasteiger partial charge in [-0.15, -0.1) is 0 Å². The number of likely N-dealkylation sites (tertiary alicyclic amines) is 1. The maximum Gasteiger partial charge on any atom is 0.326 e. The number of aliphatic carboxylic acids is 1. The fourth-order valence-electron chi connectivity index (χ4n) is 3.40. The van der Waals surface area contributed by atoms with E-state index in [1.807, 2.05) is 20.1 Å². The van der Waals surface area contributed by atoms with E-state index in [0.717, 1.165) is 6.42 Å². The number of aliphatic hydroxyl groups is 1. The van der Waals surface area contributed by atoms with Crippen LogP contribution in [-0.4, -0.2) is 87.6 Å². The highest BCUT2D eigenvalue weighted by molar-refractivity contribution is 7.98. The minimum atomic E-state index is -1.34. The zero-order chi connectivity index (χ0) is 23.7. The molecule has 10 nitrogen and oxygen atoms in total. The van der Waals surface area contributed by atoms with Gasteiger partial charge in [-0.05, 0) is 44.1 Å². The summed E-state index contributed by atoms with van der Waals surface area (Å²) in [6, 6.07) is -3.98. The SMILES string of the molecule is CCC(C)C(N)C(=O)N1CCCC1C(=O)NC(C(=O)NC(CCSC)C(=O)O)C(C)O. The van der Waals surface area contributed by atoms with Gasteiger partial charge in [0.15, 0.2) is 0 Å². The van der Waals surface area contributed by atoms with Crippen LogP contribution in [0.3, 0.4) is 0 Å². The topological polar surface area (TPSA) is 162 Å². The van der Waals surface area contributed by atoms with Gasteiger partial charge in [0.1, 0.15) is 18.1 Å². The second-order valence-electron chi connectivity index (χ2n) is 8.01. The number of carboxylic acids is 1. The molecule has 1 aliphatic rings. The molecule has 1 saturated heterocycles. The lowest BCUT2D eigenvalue weighted by Crippen LogP contribution is -2.59. The van der Waals surface area contributed by atoms with Gasteiger partial charge < -0.3 is 31.5 Å². The monoisotopic (exact) mass is 460 g/mol. The standard InChI is InChI=1S/C20H36N4O6S/c1-5-11(2)15(21)19(28)24-9-6-7-14(24)17(26)23-16(12(3)25)18(27)22-13(20(29)30)8-10-31-4/h11-16,25H,5-10,21H2,1-4H3,(H,22,27)(H,23,26)(H,29,30). The van der Waals surface area contributed by atoms with E-state index < -0.39 is 48.1 Å². The molecule has 1 aliphatic heterocycles. The van der Waals surface area contributed by atoms with Crippen LogP contribution in [0.5, 0.6) is 0 Å². The molecule has 1 fully saturated rings. The third kappa shape index (κ3) is 7.65. The van der Waals surface area contributed by atoms with Crippen molar-refractivity contribution < 1.29 is 29.4 Å². The number of hydrogen-bond acceptors (Lipinski definition) is 7. The number of hydrogen-bond donors (Lipinski definition) is 5. The second kappa shape index (κ2) is 12.9. The number of nitrogens with zero attached hydrogens (tertiary/aromatic N) is 1. The molecule has 3 amide bonds. The van der Waals surface area contributed by atoms with Gasteiger partial charge in [0.05, 0.1) is 12.1 Å². The highest BCUT2D eigenvalue weighted by Crippen LogP contribution is 2.21. The van der Waals surface area contributed by atoms with E-state index in [4.69, 9.17) is 5.73 Å². The van der Waals surface area contributed by atoms with Crippen molar-refractivity contribution in [2.75, 3.05) is 18.6 Å². The summed E-state index contributed by atoms with van der Waals surface area (Å²) in [5, 5.41) is 24.2. The maximum atomic E-state index is 12.9. The number of carbonyl (C=O) groups is 4. The number of amides is 3. The van der Waals surface area contributed by atoms with Crippen LogP contribution in [0.15, 0.2) is 0 Å². The lowest BCUT2D eigenvalue weighted by atomic mass is 9.98. The summed E-state index contributed by atoms with van der Waals surface area (Å²) in [7, 11) is 0. The first-order valence-corrected chi connectivity index (χ1v) is 12.0. The van der Waals surface area contributed by atoms with Crippen molar-refractivity contribution in [1.82, 2.24) is 15.5 Å². The Kier molecular flexibility index (Phi) is 11.3. The molecule has 178 valence electrons. The molecular weight excluding hydrogens is 424 g/mol. The summed E-state index contributed by atoms with van der Waals surface area (Å²) in [5.41, 5.74) is 6.05. The van der Waals surface area contributed by atoms with Crippen LogP contribution in [0.1, 0.15) is 46.5 Å². The number of nitrogens with two attached hydrogens (primary N) is 1. The molecule has 0 radical (unpaired) electrons. The molecule has 0 aromatic heterocycles. The van der Waals surface area contributed by atoms with E-state index in [-0.39, 0.29) is 18.2 Å². The lowest BCUT2D eigenvalue weighted by molar-refractivity contribution is -0.144. The van der Waals surface area contributed by atoms with Gasteiger partial charge in [-0.1, -0.05) is 20.3 Å². The molecule has 0 saturated carbocycles. The largest absolute Gasteiger partial charge is 0.480 e. The Morgan fingerprint density at radius 1 is 1.23 bits per heavy atom. The highest BCUT2D eigenvalue weighted by atomic mass is 32.2. The van der Waals surface area contributed by atoms with E-state index >= 15 is 0 Å². The van der Waals surface area contributed by atoms with Gasteiger partial charge in [-0.2, -0.15) is 11.8 Å². The van der Waals surface area contributed by atoms with Crippen LogP contribution in [0.25, 0.3) is 0 Å². The van der Waals surface area contributed by atoms with Crippen LogP contribution in [0.2, 0.25) is 0 Å². The number of thioether (sulfide) groups is 1. The van der Waals surface area contributed by atoms with Crippen molar-refractivity contribution >= 4 is 35.5 Å². The van der Waals surface area contributed by atoms with Gasteiger partial charge in [0.25, 0.3) is 0 Å². The van der Waals surface area contributed by atoms with Gasteiger partial charge in [-0.25, -0.2) is 4.79 Å². The van der Waals surface area contributed by atoms with Gasteiger partial charge >= 0.3 is 5.97 Å². The number of carbonyl (C=O) groups excluding carboxylic acids is 3. The molecule has 0 spiro atoms. The zero-order valence-electron chi connectivity index (χ0n) is 18.7. The van der Waals surface area contributed by atoms with E-state index in [0.29, 0.717) is 25.1 Å². The molecule has 0 aromatic carbocycles. The number of nitrogens with one attached hydrogen (secondary N) is 2. The van der Waals surface area contributed by atoms with Gasteiger partial charge in [0, 0.05) is 6.54 Å². The molecule has 1 rings (SSSR count). The Labute approximate surface area is 187 Å². The third-order valence-corrected chi connectivity index (χ3v) is 6.31. The minimum absolute atomic E-state index is 0.0398. The smallest absolute Gasteiger partial charge is 0.326 e. The number of carboxylic acid groups (broad SMARTS) is 1. The first-order valence-electron chi connectivity index (χ1n) is 10.6. The number of aliphatic hydroxyl groups excluding tert-OH is 1. The Morgan fingerprint density at radius 3 is 2.39 bits per heavy atom. The molecule has 0 aliphatic carbocycles. The predicted molar refractivity (Wildman–Crippen MR) is 118 cm³/mol. The molecule has 0 aromatic rings. The summed E-state index contributed by atoms with van der Waals surface area (Å²) >= 11 is 1.44. The Bertz CT molecular complexity index is 647. The molecule has 31 heavy (non-hydrogen) atoms.